The molecule has 1 aromatic carbocycles. The van der Waals surface area contributed by atoms with Gasteiger partial charge in [-0.05, 0) is 42.6 Å². The summed E-state index contributed by atoms with van der Waals surface area (Å²) in [5.41, 5.74) is 2.65. The fourth-order valence-corrected chi connectivity index (χ4v) is 3.41. The van der Waals surface area contributed by atoms with Crippen LogP contribution in [0.5, 0.6) is 5.75 Å². The van der Waals surface area contributed by atoms with Crippen molar-refractivity contribution in [3.63, 3.8) is 0 Å². The van der Waals surface area contributed by atoms with Crippen LogP contribution in [0.2, 0.25) is 0 Å². The maximum atomic E-state index is 5.75. The van der Waals surface area contributed by atoms with Crippen LogP contribution in [-0.2, 0) is 6.42 Å². The van der Waals surface area contributed by atoms with Crippen molar-refractivity contribution >= 4 is 11.3 Å². The van der Waals surface area contributed by atoms with Gasteiger partial charge < -0.3 is 10.1 Å². The predicted octanol–water partition coefficient (Wildman–Crippen LogP) is 3.38. The first-order valence-electron chi connectivity index (χ1n) is 6.28. The van der Waals surface area contributed by atoms with Crippen LogP contribution in [-0.4, -0.2) is 13.2 Å². The number of fused-ring (bicyclic) bond motifs is 1. The summed E-state index contributed by atoms with van der Waals surface area (Å²) < 4.78 is 5.75. The van der Waals surface area contributed by atoms with Gasteiger partial charge in [-0.1, -0.05) is 18.2 Å². The van der Waals surface area contributed by atoms with Gasteiger partial charge in [-0.3, -0.25) is 0 Å². The largest absolute Gasteiger partial charge is 0.490 e. The SMILES string of the molecule is CNC(c1ccc2c(c1)CC(C)O2)c1cccs1. The molecule has 1 aliphatic rings. The van der Waals surface area contributed by atoms with E-state index in [4.69, 9.17) is 4.74 Å². The monoisotopic (exact) mass is 259 g/mol. The Kier molecular flexibility index (Phi) is 3.10. The average molecular weight is 259 g/mol. The molecule has 0 spiro atoms. The van der Waals surface area contributed by atoms with E-state index in [1.165, 1.54) is 16.0 Å². The summed E-state index contributed by atoms with van der Waals surface area (Å²) in [6.07, 6.45) is 1.33. The van der Waals surface area contributed by atoms with E-state index in [1.54, 1.807) is 11.3 Å². The van der Waals surface area contributed by atoms with Crippen LogP contribution >= 0.6 is 11.3 Å². The molecule has 2 unspecified atom stereocenters. The molecule has 3 heteroatoms. The topological polar surface area (TPSA) is 21.3 Å². The number of hydrogen-bond acceptors (Lipinski definition) is 3. The Bertz CT molecular complexity index is 535. The molecule has 2 atom stereocenters. The summed E-state index contributed by atoms with van der Waals surface area (Å²) in [7, 11) is 2.01. The minimum Gasteiger partial charge on any atom is -0.490 e. The lowest BCUT2D eigenvalue weighted by atomic mass is 10.0. The molecule has 1 aliphatic heterocycles. The highest BCUT2D eigenvalue weighted by molar-refractivity contribution is 7.10. The zero-order valence-electron chi connectivity index (χ0n) is 10.6. The van der Waals surface area contributed by atoms with E-state index >= 15 is 0 Å². The molecular formula is C15H17NOS. The van der Waals surface area contributed by atoms with Crippen molar-refractivity contribution in [3.05, 3.63) is 51.7 Å². The van der Waals surface area contributed by atoms with Crippen LogP contribution in [0.25, 0.3) is 0 Å². The summed E-state index contributed by atoms with van der Waals surface area (Å²) in [6, 6.07) is 11.1. The lowest BCUT2D eigenvalue weighted by Crippen LogP contribution is -2.16. The van der Waals surface area contributed by atoms with Crippen molar-refractivity contribution in [2.24, 2.45) is 0 Å². The van der Waals surface area contributed by atoms with Gasteiger partial charge in [0, 0.05) is 11.3 Å². The Morgan fingerprint density at radius 2 is 2.28 bits per heavy atom. The third-order valence-electron chi connectivity index (χ3n) is 3.37. The predicted molar refractivity (Wildman–Crippen MR) is 75.5 cm³/mol. The van der Waals surface area contributed by atoms with Gasteiger partial charge in [-0.2, -0.15) is 0 Å². The summed E-state index contributed by atoms with van der Waals surface area (Å²) in [5, 5.41) is 5.52. The van der Waals surface area contributed by atoms with Gasteiger partial charge in [0.05, 0.1) is 6.04 Å². The number of hydrogen-bond donors (Lipinski definition) is 1. The number of rotatable bonds is 3. The van der Waals surface area contributed by atoms with E-state index in [0.717, 1.165) is 12.2 Å². The maximum Gasteiger partial charge on any atom is 0.123 e. The van der Waals surface area contributed by atoms with Gasteiger partial charge in [0.2, 0.25) is 0 Å². The number of benzene rings is 1. The molecule has 0 bridgehead atoms. The van der Waals surface area contributed by atoms with Crippen molar-refractivity contribution in [3.8, 4) is 5.75 Å². The van der Waals surface area contributed by atoms with Crippen LogP contribution in [0.15, 0.2) is 35.7 Å². The molecular weight excluding hydrogens is 242 g/mol. The lowest BCUT2D eigenvalue weighted by Gasteiger charge is -2.15. The third kappa shape index (κ3) is 2.04. The maximum absolute atomic E-state index is 5.75. The molecule has 1 N–H and O–H groups in total. The molecule has 18 heavy (non-hydrogen) atoms. The number of nitrogens with one attached hydrogen (secondary N) is 1. The van der Waals surface area contributed by atoms with E-state index in [-0.39, 0.29) is 6.04 Å². The molecule has 2 heterocycles. The second-order valence-corrected chi connectivity index (χ2v) is 5.72. The van der Waals surface area contributed by atoms with E-state index in [2.05, 4.69) is 48.0 Å². The summed E-state index contributed by atoms with van der Waals surface area (Å²) in [5.74, 6) is 1.05. The van der Waals surface area contributed by atoms with Gasteiger partial charge in [0.1, 0.15) is 11.9 Å². The smallest absolute Gasteiger partial charge is 0.123 e. The Labute approximate surface area is 112 Å². The average Bonchev–Trinajstić information content (AvgIpc) is 2.97. The minimum atomic E-state index is 0.284. The highest BCUT2D eigenvalue weighted by Crippen LogP contribution is 2.33. The van der Waals surface area contributed by atoms with E-state index < -0.39 is 0 Å². The van der Waals surface area contributed by atoms with Crippen LogP contribution in [0, 0.1) is 0 Å². The molecule has 1 aromatic heterocycles. The van der Waals surface area contributed by atoms with Crippen molar-refractivity contribution in [1.29, 1.82) is 0 Å². The first-order chi connectivity index (χ1) is 8.78. The molecule has 94 valence electrons. The van der Waals surface area contributed by atoms with E-state index in [0.29, 0.717) is 6.10 Å². The summed E-state index contributed by atoms with van der Waals surface area (Å²) in [6.45, 7) is 2.12. The summed E-state index contributed by atoms with van der Waals surface area (Å²) in [4.78, 5) is 1.35. The van der Waals surface area contributed by atoms with Crippen molar-refractivity contribution in [1.82, 2.24) is 5.32 Å². The third-order valence-corrected chi connectivity index (χ3v) is 4.31. The van der Waals surface area contributed by atoms with Gasteiger partial charge in [0.25, 0.3) is 0 Å². The molecule has 2 nitrogen and oxygen atoms in total. The fraction of sp³-hybridized carbons (Fsp3) is 0.333. The lowest BCUT2D eigenvalue weighted by molar-refractivity contribution is 0.254. The van der Waals surface area contributed by atoms with Crippen molar-refractivity contribution in [2.75, 3.05) is 7.05 Å². The standard InChI is InChI=1S/C15H17NOS/c1-10-8-12-9-11(5-6-13(12)17-10)15(16-2)14-4-3-7-18-14/h3-7,9-10,15-16H,8H2,1-2H3. The second-order valence-electron chi connectivity index (χ2n) is 4.74. The van der Waals surface area contributed by atoms with Crippen LogP contribution in [0.3, 0.4) is 0 Å². The second kappa shape index (κ2) is 4.75. The number of thiophene rings is 1. The van der Waals surface area contributed by atoms with Gasteiger partial charge in [-0.15, -0.1) is 11.3 Å². The molecule has 3 rings (SSSR count). The molecule has 0 fully saturated rings. The first-order valence-corrected chi connectivity index (χ1v) is 7.16. The van der Waals surface area contributed by atoms with Gasteiger partial charge >= 0.3 is 0 Å². The molecule has 0 amide bonds. The highest BCUT2D eigenvalue weighted by Gasteiger charge is 2.21. The highest BCUT2D eigenvalue weighted by atomic mass is 32.1. The van der Waals surface area contributed by atoms with Crippen LogP contribution in [0.4, 0.5) is 0 Å². The Morgan fingerprint density at radius 3 is 3.00 bits per heavy atom. The molecule has 2 aromatic rings. The number of ether oxygens (including phenoxy) is 1. The fourth-order valence-electron chi connectivity index (χ4n) is 2.55. The van der Waals surface area contributed by atoms with E-state index in [1.807, 2.05) is 7.05 Å². The zero-order chi connectivity index (χ0) is 12.5. The molecule has 0 saturated heterocycles. The zero-order valence-corrected chi connectivity index (χ0v) is 11.5. The molecule has 0 radical (unpaired) electrons. The normalized spacial score (nSPS) is 19.3. The molecule has 0 aliphatic carbocycles. The van der Waals surface area contributed by atoms with Gasteiger partial charge in [-0.25, -0.2) is 0 Å². The van der Waals surface area contributed by atoms with Crippen molar-refractivity contribution in [2.45, 2.75) is 25.5 Å². The first kappa shape index (κ1) is 11.8. The quantitative estimate of drug-likeness (QED) is 0.912. The van der Waals surface area contributed by atoms with Crippen molar-refractivity contribution < 1.29 is 4.74 Å². The Hall–Kier alpha value is -1.32. The van der Waals surface area contributed by atoms with Gasteiger partial charge in [0.15, 0.2) is 0 Å². The minimum absolute atomic E-state index is 0.284. The Balaban J connectivity index is 1.95. The van der Waals surface area contributed by atoms with E-state index in [9.17, 15) is 0 Å². The Morgan fingerprint density at radius 1 is 1.39 bits per heavy atom. The summed E-state index contributed by atoms with van der Waals surface area (Å²) >= 11 is 1.79. The van der Waals surface area contributed by atoms with Crippen LogP contribution in [0.1, 0.15) is 29.0 Å². The molecule has 0 saturated carbocycles. The van der Waals surface area contributed by atoms with Crippen LogP contribution < -0.4 is 10.1 Å².